The van der Waals surface area contributed by atoms with Crippen LogP contribution in [0.25, 0.3) is 11.3 Å². The Morgan fingerprint density at radius 2 is 2.06 bits per heavy atom. The second kappa shape index (κ2) is 4.84. The van der Waals surface area contributed by atoms with Crippen molar-refractivity contribution in [1.29, 1.82) is 0 Å². The van der Waals surface area contributed by atoms with Gasteiger partial charge in [0.15, 0.2) is 0 Å². The van der Waals surface area contributed by atoms with E-state index in [0.717, 1.165) is 35.5 Å². The van der Waals surface area contributed by atoms with Gasteiger partial charge < -0.3 is 5.73 Å². The monoisotopic (exact) mass is 247 g/mol. The molecule has 0 spiro atoms. The Balaban J connectivity index is 2.52. The zero-order valence-electron chi connectivity index (χ0n) is 10.4. The minimum absolute atomic E-state index is 0.599. The smallest absolute Gasteiger partial charge is 0.131 e. The van der Waals surface area contributed by atoms with Gasteiger partial charge in [-0.25, -0.2) is 9.97 Å². The molecule has 90 valence electrons. The molecule has 2 aromatic heterocycles. The number of anilines is 1. The molecule has 2 N–H and O–H groups in total. The highest BCUT2D eigenvalue weighted by Crippen LogP contribution is 2.28. The molecule has 0 unspecified atom stereocenters. The zero-order chi connectivity index (χ0) is 12.4. The lowest BCUT2D eigenvalue weighted by atomic mass is 10.1. The van der Waals surface area contributed by atoms with E-state index in [1.165, 1.54) is 4.88 Å². The van der Waals surface area contributed by atoms with E-state index in [0.29, 0.717) is 5.82 Å². The molecule has 3 nitrogen and oxygen atoms in total. The van der Waals surface area contributed by atoms with E-state index < -0.39 is 0 Å². The first-order valence-electron chi connectivity index (χ1n) is 5.80. The van der Waals surface area contributed by atoms with Gasteiger partial charge in [0.25, 0.3) is 0 Å². The maximum atomic E-state index is 5.95. The molecule has 2 rings (SSSR count). The molecule has 0 aromatic carbocycles. The normalized spacial score (nSPS) is 10.8. The van der Waals surface area contributed by atoms with Gasteiger partial charge in [0.05, 0.1) is 5.69 Å². The van der Waals surface area contributed by atoms with E-state index in [2.05, 4.69) is 35.3 Å². The molecular weight excluding hydrogens is 230 g/mol. The molecule has 0 aliphatic rings. The summed E-state index contributed by atoms with van der Waals surface area (Å²) in [5.41, 5.74) is 9.05. The van der Waals surface area contributed by atoms with Gasteiger partial charge >= 0.3 is 0 Å². The number of thiophene rings is 1. The van der Waals surface area contributed by atoms with Crippen molar-refractivity contribution < 1.29 is 0 Å². The fourth-order valence-electron chi connectivity index (χ4n) is 1.77. The Bertz CT molecular complexity index is 531. The predicted octanol–water partition coefficient (Wildman–Crippen LogP) is 3.36. The lowest BCUT2D eigenvalue weighted by Gasteiger charge is -2.08. The summed E-state index contributed by atoms with van der Waals surface area (Å²) in [7, 11) is 0. The van der Waals surface area contributed by atoms with Crippen molar-refractivity contribution in [1.82, 2.24) is 9.97 Å². The van der Waals surface area contributed by atoms with Crippen LogP contribution in [0.15, 0.2) is 11.4 Å². The lowest BCUT2D eigenvalue weighted by Crippen LogP contribution is -2.04. The van der Waals surface area contributed by atoms with Crippen LogP contribution < -0.4 is 5.73 Å². The maximum absolute atomic E-state index is 5.95. The second-order valence-electron chi connectivity index (χ2n) is 4.19. The van der Waals surface area contributed by atoms with Crippen LogP contribution in [-0.4, -0.2) is 9.97 Å². The van der Waals surface area contributed by atoms with Gasteiger partial charge in [-0.15, -0.1) is 11.3 Å². The molecule has 17 heavy (non-hydrogen) atoms. The first-order valence-corrected chi connectivity index (χ1v) is 6.68. The van der Waals surface area contributed by atoms with E-state index >= 15 is 0 Å². The van der Waals surface area contributed by atoms with Crippen LogP contribution in [0, 0.1) is 13.8 Å². The quantitative estimate of drug-likeness (QED) is 0.904. The summed E-state index contributed by atoms with van der Waals surface area (Å²) in [4.78, 5) is 10.2. The van der Waals surface area contributed by atoms with Gasteiger partial charge in [0.2, 0.25) is 0 Å². The SMILES string of the molecule is CCCc1nc(N)c(C)c(-c2csc(C)c2)n1. The Labute approximate surface area is 106 Å². The summed E-state index contributed by atoms with van der Waals surface area (Å²) in [6.07, 6.45) is 1.91. The molecular formula is C13H17N3S. The highest BCUT2D eigenvalue weighted by molar-refractivity contribution is 7.10. The van der Waals surface area contributed by atoms with Crippen LogP contribution in [-0.2, 0) is 6.42 Å². The molecule has 0 saturated carbocycles. The molecule has 0 atom stereocenters. The van der Waals surface area contributed by atoms with Gasteiger partial charge in [-0.1, -0.05) is 6.92 Å². The van der Waals surface area contributed by atoms with E-state index in [1.807, 2.05) is 6.92 Å². The van der Waals surface area contributed by atoms with Crippen LogP contribution in [0.4, 0.5) is 5.82 Å². The first-order chi connectivity index (χ1) is 8.11. The number of aromatic nitrogens is 2. The summed E-state index contributed by atoms with van der Waals surface area (Å²) >= 11 is 1.73. The highest BCUT2D eigenvalue weighted by Gasteiger charge is 2.11. The molecule has 4 heteroatoms. The molecule has 0 fully saturated rings. The predicted molar refractivity (Wildman–Crippen MR) is 73.2 cm³/mol. The number of nitrogens with two attached hydrogens (primary N) is 1. The average Bonchev–Trinajstić information content (AvgIpc) is 2.70. The minimum atomic E-state index is 0.599. The van der Waals surface area contributed by atoms with E-state index in [4.69, 9.17) is 5.73 Å². The van der Waals surface area contributed by atoms with Crippen LogP contribution >= 0.6 is 11.3 Å². The second-order valence-corrected chi connectivity index (χ2v) is 5.31. The van der Waals surface area contributed by atoms with Crippen LogP contribution in [0.1, 0.15) is 29.6 Å². The fraction of sp³-hybridized carbons (Fsp3) is 0.385. The van der Waals surface area contributed by atoms with Crippen molar-refractivity contribution in [3.05, 3.63) is 27.7 Å². The topological polar surface area (TPSA) is 51.8 Å². The Morgan fingerprint density at radius 1 is 1.29 bits per heavy atom. The number of hydrogen-bond donors (Lipinski definition) is 1. The average molecular weight is 247 g/mol. The number of rotatable bonds is 3. The summed E-state index contributed by atoms with van der Waals surface area (Å²) in [6.45, 7) is 6.20. The van der Waals surface area contributed by atoms with Gasteiger partial charge in [-0.3, -0.25) is 0 Å². The molecule has 0 bridgehead atoms. The molecule has 2 heterocycles. The van der Waals surface area contributed by atoms with E-state index in [-0.39, 0.29) is 0 Å². The van der Waals surface area contributed by atoms with Gasteiger partial charge in [-0.2, -0.15) is 0 Å². The van der Waals surface area contributed by atoms with Crippen molar-refractivity contribution in [2.24, 2.45) is 0 Å². The lowest BCUT2D eigenvalue weighted by molar-refractivity contribution is 0.836. The van der Waals surface area contributed by atoms with Crippen LogP contribution in [0.3, 0.4) is 0 Å². The van der Waals surface area contributed by atoms with Crippen molar-refractivity contribution in [3.8, 4) is 11.3 Å². The summed E-state index contributed by atoms with van der Waals surface area (Å²) in [5.74, 6) is 1.44. The maximum Gasteiger partial charge on any atom is 0.131 e. The van der Waals surface area contributed by atoms with Crippen molar-refractivity contribution in [3.63, 3.8) is 0 Å². The number of nitrogen functional groups attached to an aromatic ring is 1. The molecule has 0 radical (unpaired) electrons. The standard InChI is InChI=1S/C13H17N3S/c1-4-5-11-15-12(9(3)13(14)16-11)10-6-8(2)17-7-10/h6-7H,4-5H2,1-3H3,(H2,14,15,16). The third-order valence-electron chi connectivity index (χ3n) is 2.71. The third-order valence-corrected chi connectivity index (χ3v) is 3.57. The molecule has 0 saturated heterocycles. The van der Waals surface area contributed by atoms with Gasteiger partial charge in [0, 0.05) is 27.8 Å². The van der Waals surface area contributed by atoms with Crippen LogP contribution in [0.2, 0.25) is 0 Å². The fourth-order valence-corrected chi connectivity index (χ4v) is 2.45. The molecule has 2 aromatic rings. The first kappa shape index (κ1) is 12.0. The highest BCUT2D eigenvalue weighted by atomic mass is 32.1. The van der Waals surface area contributed by atoms with Crippen LogP contribution in [0.5, 0.6) is 0 Å². The summed E-state index contributed by atoms with van der Waals surface area (Å²) in [5, 5.41) is 2.12. The van der Waals surface area contributed by atoms with Gasteiger partial charge in [-0.05, 0) is 26.3 Å². The van der Waals surface area contributed by atoms with E-state index in [9.17, 15) is 0 Å². The number of hydrogen-bond acceptors (Lipinski definition) is 4. The van der Waals surface area contributed by atoms with Crippen molar-refractivity contribution in [2.75, 3.05) is 5.73 Å². The Morgan fingerprint density at radius 3 is 2.65 bits per heavy atom. The van der Waals surface area contributed by atoms with Crippen molar-refractivity contribution in [2.45, 2.75) is 33.6 Å². The minimum Gasteiger partial charge on any atom is -0.383 e. The Hall–Kier alpha value is -1.42. The summed E-state index contributed by atoms with van der Waals surface area (Å²) in [6, 6.07) is 2.15. The van der Waals surface area contributed by atoms with E-state index in [1.54, 1.807) is 11.3 Å². The van der Waals surface area contributed by atoms with Gasteiger partial charge in [0.1, 0.15) is 11.6 Å². The van der Waals surface area contributed by atoms with Crippen molar-refractivity contribution >= 4 is 17.2 Å². The third kappa shape index (κ3) is 2.47. The molecule has 0 amide bonds. The number of nitrogens with zero attached hydrogens (tertiary/aromatic N) is 2. The molecule has 0 aliphatic carbocycles. The Kier molecular flexibility index (Phi) is 3.43. The number of aryl methyl sites for hydroxylation is 2. The summed E-state index contributed by atoms with van der Waals surface area (Å²) < 4.78 is 0. The zero-order valence-corrected chi connectivity index (χ0v) is 11.3. The molecule has 0 aliphatic heterocycles. The largest absolute Gasteiger partial charge is 0.383 e.